The van der Waals surface area contributed by atoms with Crippen LogP contribution >= 0.6 is 0 Å². The second kappa shape index (κ2) is 8.10. The van der Waals surface area contributed by atoms with Gasteiger partial charge in [0.1, 0.15) is 24.0 Å². The van der Waals surface area contributed by atoms with Crippen LogP contribution in [0.1, 0.15) is 17.2 Å². The van der Waals surface area contributed by atoms with E-state index < -0.39 is 0 Å². The molecule has 1 aromatic carbocycles. The highest BCUT2D eigenvalue weighted by Crippen LogP contribution is 2.12. The standard InChI is InChI=1S/C18H24N6O/c1-15-20-21-18(22(15)2)14-24-9-7-23(8-10-24)11-12-25-17-5-3-16(13-19)4-6-17/h3-6H,7-12,14H2,1-2H3. The van der Waals surface area contributed by atoms with Gasteiger partial charge in [-0.1, -0.05) is 0 Å². The molecular weight excluding hydrogens is 316 g/mol. The Morgan fingerprint density at radius 1 is 1.08 bits per heavy atom. The summed E-state index contributed by atoms with van der Waals surface area (Å²) in [7, 11) is 2.02. The number of nitrogens with zero attached hydrogens (tertiary/aromatic N) is 6. The zero-order chi connectivity index (χ0) is 17.6. The molecule has 1 fully saturated rings. The largest absolute Gasteiger partial charge is 0.492 e. The Balaban J connectivity index is 1.37. The Kier molecular flexibility index (Phi) is 5.64. The summed E-state index contributed by atoms with van der Waals surface area (Å²) in [4.78, 5) is 4.84. The SMILES string of the molecule is Cc1nnc(CN2CCN(CCOc3ccc(C#N)cc3)CC2)n1C. The second-order valence-electron chi connectivity index (χ2n) is 6.32. The first-order valence-electron chi connectivity index (χ1n) is 8.58. The smallest absolute Gasteiger partial charge is 0.146 e. The minimum Gasteiger partial charge on any atom is -0.492 e. The average Bonchev–Trinajstić information content (AvgIpc) is 2.96. The van der Waals surface area contributed by atoms with Crippen molar-refractivity contribution in [3.8, 4) is 11.8 Å². The van der Waals surface area contributed by atoms with Crippen LogP contribution in [-0.2, 0) is 13.6 Å². The summed E-state index contributed by atoms with van der Waals surface area (Å²) in [5.74, 6) is 2.79. The Bertz CT molecular complexity index is 725. The molecule has 1 aromatic heterocycles. The van der Waals surface area contributed by atoms with Gasteiger partial charge < -0.3 is 9.30 Å². The van der Waals surface area contributed by atoms with Crippen molar-refractivity contribution in [3.63, 3.8) is 0 Å². The quantitative estimate of drug-likeness (QED) is 0.787. The molecule has 7 nitrogen and oxygen atoms in total. The molecule has 2 aromatic rings. The van der Waals surface area contributed by atoms with Gasteiger partial charge in [-0.25, -0.2) is 0 Å². The maximum atomic E-state index is 8.80. The second-order valence-corrected chi connectivity index (χ2v) is 6.32. The maximum Gasteiger partial charge on any atom is 0.146 e. The average molecular weight is 340 g/mol. The molecule has 2 heterocycles. The van der Waals surface area contributed by atoms with Gasteiger partial charge in [-0.15, -0.1) is 10.2 Å². The molecule has 25 heavy (non-hydrogen) atoms. The van der Waals surface area contributed by atoms with Gasteiger partial charge in [0.25, 0.3) is 0 Å². The number of piperazine rings is 1. The fourth-order valence-corrected chi connectivity index (χ4v) is 2.88. The Labute approximate surface area is 148 Å². The summed E-state index contributed by atoms with van der Waals surface area (Å²) in [5, 5.41) is 17.2. The van der Waals surface area contributed by atoms with E-state index in [0.29, 0.717) is 12.2 Å². The van der Waals surface area contributed by atoms with Crippen molar-refractivity contribution in [2.45, 2.75) is 13.5 Å². The number of aromatic nitrogens is 3. The van der Waals surface area contributed by atoms with E-state index in [0.717, 1.165) is 56.7 Å². The van der Waals surface area contributed by atoms with E-state index in [1.54, 1.807) is 12.1 Å². The van der Waals surface area contributed by atoms with Gasteiger partial charge in [0.15, 0.2) is 0 Å². The Morgan fingerprint density at radius 2 is 1.76 bits per heavy atom. The molecular formula is C18H24N6O. The lowest BCUT2D eigenvalue weighted by Crippen LogP contribution is -2.47. The fraction of sp³-hybridized carbons (Fsp3) is 0.500. The molecule has 1 aliphatic rings. The summed E-state index contributed by atoms with van der Waals surface area (Å²) in [5.41, 5.74) is 0.654. The normalized spacial score (nSPS) is 15.9. The molecule has 1 saturated heterocycles. The van der Waals surface area contributed by atoms with Crippen molar-refractivity contribution in [3.05, 3.63) is 41.5 Å². The molecule has 0 aliphatic carbocycles. The molecule has 132 valence electrons. The summed E-state index contributed by atoms with van der Waals surface area (Å²) in [6.07, 6.45) is 0. The van der Waals surface area contributed by atoms with Crippen LogP contribution in [0.25, 0.3) is 0 Å². The molecule has 0 radical (unpaired) electrons. The third kappa shape index (κ3) is 4.56. The topological polar surface area (TPSA) is 70.2 Å². The van der Waals surface area contributed by atoms with Gasteiger partial charge in [0.2, 0.25) is 0 Å². The van der Waals surface area contributed by atoms with Crippen LogP contribution in [0.5, 0.6) is 5.75 Å². The van der Waals surface area contributed by atoms with E-state index in [1.165, 1.54) is 0 Å². The zero-order valence-corrected chi connectivity index (χ0v) is 14.9. The van der Waals surface area contributed by atoms with Gasteiger partial charge in [-0.3, -0.25) is 9.80 Å². The molecule has 0 amide bonds. The van der Waals surface area contributed by atoms with Gasteiger partial charge in [0, 0.05) is 39.8 Å². The monoisotopic (exact) mass is 340 g/mol. The van der Waals surface area contributed by atoms with E-state index in [-0.39, 0.29) is 0 Å². The van der Waals surface area contributed by atoms with E-state index in [9.17, 15) is 0 Å². The van der Waals surface area contributed by atoms with E-state index in [1.807, 2.05) is 26.1 Å². The van der Waals surface area contributed by atoms with Crippen molar-refractivity contribution in [2.24, 2.45) is 7.05 Å². The van der Waals surface area contributed by atoms with Crippen LogP contribution in [0.4, 0.5) is 0 Å². The van der Waals surface area contributed by atoms with Gasteiger partial charge >= 0.3 is 0 Å². The summed E-state index contributed by atoms with van der Waals surface area (Å²) >= 11 is 0. The van der Waals surface area contributed by atoms with Crippen LogP contribution in [-0.4, -0.2) is 63.9 Å². The summed E-state index contributed by atoms with van der Waals surface area (Å²) in [6.45, 7) is 8.53. The first-order chi connectivity index (χ1) is 12.2. The van der Waals surface area contributed by atoms with Crippen LogP contribution in [0.15, 0.2) is 24.3 Å². The van der Waals surface area contributed by atoms with Crippen molar-refractivity contribution in [1.82, 2.24) is 24.6 Å². The Hall–Kier alpha value is -2.43. The predicted octanol–water partition coefficient (Wildman–Crippen LogP) is 1.19. The maximum absolute atomic E-state index is 8.80. The number of hydrogen-bond acceptors (Lipinski definition) is 6. The number of hydrogen-bond donors (Lipinski definition) is 0. The van der Waals surface area contributed by atoms with E-state index >= 15 is 0 Å². The molecule has 0 N–H and O–H groups in total. The first-order valence-corrected chi connectivity index (χ1v) is 8.58. The van der Waals surface area contributed by atoms with Gasteiger partial charge in [-0.2, -0.15) is 5.26 Å². The molecule has 7 heteroatoms. The molecule has 0 spiro atoms. The number of benzene rings is 1. The van der Waals surface area contributed by atoms with Gasteiger partial charge in [0.05, 0.1) is 18.2 Å². The highest BCUT2D eigenvalue weighted by Gasteiger charge is 2.18. The van der Waals surface area contributed by atoms with Crippen molar-refractivity contribution >= 4 is 0 Å². The fourth-order valence-electron chi connectivity index (χ4n) is 2.88. The van der Waals surface area contributed by atoms with Crippen molar-refractivity contribution in [1.29, 1.82) is 5.26 Å². The number of nitriles is 1. The lowest BCUT2D eigenvalue weighted by atomic mass is 10.2. The van der Waals surface area contributed by atoms with Crippen LogP contribution in [0.2, 0.25) is 0 Å². The lowest BCUT2D eigenvalue weighted by molar-refractivity contribution is 0.110. The highest BCUT2D eigenvalue weighted by molar-refractivity contribution is 5.34. The van der Waals surface area contributed by atoms with Crippen molar-refractivity contribution in [2.75, 3.05) is 39.3 Å². The summed E-state index contributed by atoms with van der Waals surface area (Å²) in [6, 6.07) is 9.36. The lowest BCUT2D eigenvalue weighted by Gasteiger charge is -2.34. The molecule has 0 unspecified atom stereocenters. The van der Waals surface area contributed by atoms with Gasteiger partial charge in [-0.05, 0) is 31.2 Å². The van der Waals surface area contributed by atoms with E-state index in [4.69, 9.17) is 10.00 Å². The minimum atomic E-state index is 0.654. The molecule has 3 rings (SSSR count). The third-order valence-corrected chi connectivity index (χ3v) is 4.67. The first kappa shape index (κ1) is 17.4. The number of aryl methyl sites for hydroxylation is 1. The Morgan fingerprint density at radius 3 is 2.36 bits per heavy atom. The molecule has 0 atom stereocenters. The number of ether oxygens (including phenoxy) is 1. The summed E-state index contributed by atoms with van der Waals surface area (Å²) < 4.78 is 7.82. The predicted molar refractivity (Wildman–Crippen MR) is 94.1 cm³/mol. The minimum absolute atomic E-state index is 0.654. The van der Waals surface area contributed by atoms with Crippen LogP contribution in [0.3, 0.4) is 0 Å². The van der Waals surface area contributed by atoms with Crippen molar-refractivity contribution < 1.29 is 4.74 Å². The molecule has 1 aliphatic heterocycles. The zero-order valence-electron chi connectivity index (χ0n) is 14.9. The highest BCUT2D eigenvalue weighted by atomic mass is 16.5. The number of rotatable bonds is 6. The molecule has 0 bridgehead atoms. The van der Waals surface area contributed by atoms with E-state index in [2.05, 4.69) is 30.6 Å². The van der Waals surface area contributed by atoms with Crippen LogP contribution in [0, 0.1) is 18.3 Å². The van der Waals surface area contributed by atoms with Crippen LogP contribution < -0.4 is 4.74 Å². The molecule has 0 saturated carbocycles. The third-order valence-electron chi connectivity index (χ3n) is 4.67.